The fourth-order valence-corrected chi connectivity index (χ4v) is 2.43. The van der Waals surface area contributed by atoms with Gasteiger partial charge in [-0.15, -0.1) is 0 Å². The number of aliphatic hydroxyl groups is 1. The zero-order valence-electron chi connectivity index (χ0n) is 16.1. The number of non-ortho nitro benzene ring substituents is 1. The molecule has 0 aliphatic heterocycles. The van der Waals surface area contributed by atoms with Crippen LogP contribution in [0.4, 0.5) is 5.69 Å². The van der Waals surface area contributed by atoms with E-state index in [0.717, 1.165) is 0 Å². The number of aliphatic hydroxyl groups excluding tert-OH is 1. The van der Waals surface area contributed by atoms with E-state index in [2.05, 4.69) is 10.6 Å². The Bertz CT molecular complexity index is 850. The van der Waals surface area contributed by atoms with Crippen LogP contribution in [0.1, 0.15) is 35.9 Å². The van der Waals surface area contributed by atoms with Crippen LogP contribution in [-0.4, -0.2) is 41.0 Å². The van der Waals surface area contributed by atoms with Gasteiger partial charge in [0.1, 0.15) is 5.75 Å². The van der Waals surface area contributed by atoms with Crippen LogP contribution in [0.2, 0.25) is 0 Å². The molecule has 154 valence electrons. The van der Waals surface area contributed by atoms with Crippen molar-refractivity contribution in [3.8, 4) is 5.75 Å². The minimum Gasteiger partial charge on any atom is -0.491 e. The van der Waals surface area contributed by atoms with E-state index in [9.17, 15) is 24.8 Å². The van der Waals surface area contributed by atoms with E-state index < -0.39 is 22.8 Å². The zero-order chi connectivity index (χ0) is 21.4. The normalized spacial score (nSPS) is 11.6. The number of carbonyl (C=O) groups excluding carboxylic acids is 2. The van der Waals surface area contributed by atoms with E-state index in [1.807, 2.05) is 13.8 Å². The van der Waals surface area contributed by atoms with Crippen molar-refractivity contribution >= 4 is 17.5 Å². The molecule has 0 radical (unpaired) electrons. The third-order valence-electron chi connectivity index (χ3n) is 3.88. The van der Waals surface area contributed by atoms with Crippen LogP contribution in [-0.2, 0) is 4.79 Å². The lowest BCUT2D eigenvalue weighted by Gasteiger charge is -2.13. The van der Waals surface area contributed by atoms with Gasteiger partial charge in [0.05, 0.1) is 23.7 Å². The SMILES string of the molecule is CC(C)Oc1ccc(C(=O)NCC(=O)NCC(O)c2ccc([N+](=O)[O-])cc2)cc1. The lowest BCUT2D eigenvalue weighted by atomic mass is 10.1. The maximum atomic E-state index is 12.1. The summed E-state index contributed by atoms with van der Waals surface area (Å²) in [5.74, 6) is -0.235. The van der Waals surface area contributed by atoms with E-state index in [4.69, 9.17) is 4.74 Å². The number of amides is 2. The van der Waals surface area contributed by atoms with E-state index in [-0.39, 0.29) is 24.9 Å². The fraction of sp³-hybridized carbons (Fsp3) is 0.300. The van der Waals surface area contributed by atoms with Crippen LogP contribution in [0.25, 0.3) is 0 Å². The number of nitrogens with one attached hydrogen (secondary N) is 2. The molecule has 2 rings (SSSR count). The van der Waals surface area contributed by atoms with Crippen molar-refractivity contribution in [2.45, 2.75) is 26.1 Å². The molecule has 29 heavy (non-hydrogen) atoms. The molecule has 0 spiro atoms. The van der Waals surface area contributed by atoms with Crippen molar-refractivity contribution in [2.75, 3.05) is 13.1 Å². The molecule has 0 saturated carbocycles. The topological polar surface area (TPSA) is 131 Å². The summed E-state index contributed by atoms with van der Waals surface area (Å²) in [4.78, 5) is 34.1. The summed E-state index contributed by atoms with van der Waals surface area (Å²) in [5, 5.41) is 25.7. The molecule has 2 aromatic carbocycles. The van der Waals surface area contributed by atoms with Crippen molar-refractivity contribution in [3.05, 3.63) is 69.8 Å². The quantitative estimate of drug-likeness (QED) is 0.435. The van der Waals surface area contributed by atoms with Gasteiger partial charge < -0.3 is 20.5 Å². The first kappa shape index (κ1) is 21.8. The Labute approximate surface area is 167 Å². The number of hydrogen-bond acceptors (Lipinski definition) is 6. The highest BCUT2D eigenvalue weighted by Crippen LogP contribution is 2.17. The van der Waals surface area contributed by atoms with Crippen molar-refractivity contribution in [3.63, 3.8) is 0 Å². The average Bonchev–Trinajstić information content (AvgIpc) is 2.70. The second kappa shape index (κ2) is 10.2. The number of hydrogen-bond donors (Lipinski definition) is 3. The number of nitro benzene ring substituents is 1. The van der Waals surface area contributed by atoms with Crippen LogP contribution in [0, 0.1) is 10.1 Å². The first-order chi connectivity index (χ1) is 13.8. The highest BCUT2D eigenvalue weighted by atomic mass is 16.6. The average molecular weight is 401 g/mol. The highest BCUT2D eigenvalue weighted by Gasteiger charge is 2.13. The maximum Gasteiger partial charge on any atom is 0.269 e. The van der Waals surface area contributed by atoms with Gasteiger partial charge in [-0.2, -0.15) is 0 Å². The molecule has 0 aliphatic carbocycles. The van der Waals surface area contributed by atoms with E-state index in [1.54, 1.807) is 24.3 Å². The largest absolute Gasteiger partial charge is 0.491 e. The minimum atomic E-state index is -1.02. The molecule has 9 heteroatoms. The summed E-state index contributed by atoms with van der Waals surface area (Å²) in [7, 11) is 0. The van der Waals surface area contributed by atoms with E-state index in [1.165, 1.54) is 24.3 Å². The summed E-state index contributed by atoms with van der Waals surface area (Å²) in [6.45, 7) is 3.46. The number of nitrogens with zero attached hydrogens (tertiary/aromatic N) is 1. The monoisotopic (exact) mass is 401 g/mol. The van der Waals surface area contributed by atoms with Crippen LogP contribution in [0.3, 0.4) is 0 Å². The number of nitro groups is 1. The second-order valence-corrected chi connectivity index (χ2v) is 6.54. The standard InChI is InChI=1S/C20H23N3O6/c1-13(2)29-17-9-5-15(6-10-17)20(26)22-12-19(25)21-11-18(24)14-3-7-16(8-4-14)23(27)28/h3-10,13,18,24H,11-12H2,1-2H3,(H,21,25)(H,22,26). The van der Waals surface area contributed by atoms with Crippen LogP contribution in [0.5, 0.6) is 5.75 Å². The van der Waals surface area contributed by atoms with Gasteiger partial charge in [0.25, 0.3) is 11.6 Å². The van der Waals surface area contributed by atoms with Crippen LogP contribution >= 0.6 is 0 Å². The Hall–Kier alpha value is -3.46. The maximum absolute atomic E-state index is 12.1. The Morgan fingerprint density at radius 1 is 1.07 bits per heavy atom. The summed E-state index contributed by atoms with van der Waals surface area (Å²) >= 11 is 0. The zero-order valence-corrected chi connectivity index (χ0v) is 16.1. The molecule has 2 aromatic rings. The number of carbonyl (C=O) groups is 2. The number of ether oxygens (including phenoxy) is 1. The van der Waals surface area contributed by atoms with E-state index >= 15 is 0 Å². The molecule has 0 bridgehead atoms. The lowest BCUT2D eigenvalue weighted by Crippen LogP contribution is -2.38. The van der Waals surface area contributed by atoms with Gasteiger partial charge >= 0.3 is 0 Å². The molecular weight excluding hydrogens is 378 g/mol. The van der Waals surface area contributed by atoms with Gasteiger partial charge in [-0.3, -0.25) is 19.7 Å². The van der Waals surface area contributed by atoms with Crippen LogP contribution in [0.15, 0.2) is 48.5 Å². The highest BCUT2D eigenvalue weighted by molar-refractivity contribution is 5.96. The summed E-state index contributed by atoms with van der Waals surface area (Å²) in [6, 6.07) is 11.9. The molecular formula is C20H23N3O6. The summed E-state index contributed by atoms with van der Waals surface area (Å²) < 4.78 is 5.50. The predicted molar refractivity (Wildman–Crippen MR) is 106 cm³/mol. The fourth-order valence-electron chi connectivity index (χ4n) is 2.43. The third kappa shape index (κ3) is 6.89. The smallest absolute Gasteiger partial charge is 0.269 e. The second-order valence-electron chi connectivity index (χ2n) is 6.54. The molecule has 0 fully saturated rings. The summed E-state index contributed by atoms with van der Waals surface area (Å²) in [5.41, 5.74) is 0.736. The molecule has 0 saturated heterocycles. The first-order valence-electron chi connectivity index (χ1n) is 9.00. The van der Waals surface area contributed by atoms with Crippen molar-refractivity contribution in [1.29, 1.82) is 0 Å². The van der Waals surface area contributed by atoms with Gasteiger partial charge in [0.2, 0.25) is 5.91 Å². The van der Waals surface area contributed by atoms with Gasteiger partial charge in [0.15, 0.2) is 0 Å². The van der Waals surface area contributed by atoms with Gasteiger partial charge in [0, 0.05) is 24.2 Å². The Morgan fingerprint density at radius 2 is 1.69 bits per heavy atom. The Balaban J connectivity index is 1.77. The Kier molecular flexibility index (Phi) is 7.67. The van der Waals surface area contributed by atoms with Crippen molar-refractivity contribution < 1.29 is 24.4 Å². The molecule has 1 atom stereocenters. The van der Waals surface area contributed by atoms with Crippen molar-refractivity contribution in [1.82, 2.24) is 10.6 Å². The molecule has 9 nitrogen and oxygen atoms in total. The number of benzene rings is 2. The minimum absolute atomic E-state index is 0.0275. The molecule has 0 heterocycles. The van der Waals surface area contributed by atoms with Crippen molar-refractivity contribution in [2.24, 2.45) is 0 Å². The van der Waals surface area contributed by atoms with E-state index in [0.29, 0.717) is 16.9 Å². The third-order valence-corrected chi connectivity index (χ3v) is 3.88. The summed E-state index contributed by atoms with van der Waals surface area (Å²) in [6.07, 6.45) is -0.997. The molecule has 3 N–H and O–H groups in total. The van der Waals surface area contributed by atoms with Crippen LogP contribution < -0.4 is 15.4 Å². The molecule has 0 aromatic heterocycles. The first-order valence-corrected chi connectivity index (χ1v) is 9.00. The molecule has 2 amide bonds. The number of rotatable bonds is 9. The predicted octanol–water partition coefficient (Wildman–Crippen LogP) is 1.96. The Morgan fingerprint density at radius 3 is 2.24 bits per heavy atom. The molecule has 1 unspecified atom stereocenters. The van der Waals surface area contributed by atoms with Gasteiger partial charge in [-0.1, -0.05) is 0 Å². The van der Waals surface area contributed by atoms with Gasteiger partial charge in [-0.25, -0.2) is 0 Å². The van der Waals surface area contributed by atoms with Gasteiger partial charge in [-0.05, 0) is 55.8 Å². The lowest BCUT2D eigenvalue weighted by molar-refractivity contribution is -0.384. The molecule has 0 aliphatic rings.